The average Bonchev–Trinajstić information content (AvgIpc) is 1.99. The van der Waals surface area contributed by atoms with Crippen LogP contribution in [0.25, 0.3) is 0 Å². The number of aliphatic hydroxyl groups is 1. The number of aliphatic hydroxyl groups excluding tert-OH is 1. The monoisotopic (exact) mass is 139 g/mol. The zero-order valence-corrected chi connectivity index (χ0v) is 6.25. The van der Waals surface area contributed by atoms with Crippen LogP contribution < -0.4 is 0 Å². The van der Waals surface area contributed by atoms with Crippen molar-refractivity contribution in [3.05, 3.63) is 25.4 Å². The molecule has 0 spiro atoms. The van der Waals surface area contributed by atoms with Gasteiger partial charge in [-0.2, -0.15) is 0 Å². The minimum atomic E-state index is 0.0514. The van der Waals surface area contributed by atoms with E-state index in [0.29, 0.717) is 0 Å². The summed E-state index contributed by atoms with van der Waals surface area (Å²) in [6.45, 7) is 8.98. The van der Waals surface area contributed by atoms with E-state index in [9.17, 15) is 0 Å². The van der Waals surface area contributed by atoms with Crippen molar-refractivity contribution in [2.45, 2.75) is 6.92 Å². The molecule has 2 heteroatoms. The number of nitrogens with zero attached hydrogens (tertiary/aromatic N) is 1. The topological polar surface area (TPSA) is 32.6 Å². The van der Waals surface area contributed by atoms with E-state index in [1.54, 1.807) is 6.08 Å². The summed E-state index contributed by atoms with van der Waals surface area (Å²) in [5.41, 5.74) is 0.775. The van der Waals surface area contributed by atoms with Crippen LogP contribution in [-0.4, -0.2) is 17.4 Å². The normalized spacial score (nSPS) is 14.4. The maximum atomic E-state index is 8.70. The maximum Gasteiger partial charge on any atom is 0.0512 e. The number of allylic oxidation sites excluding steroid dienone is 1. The van der Waals surface area contributed by atoms with Crippen LogP contribution >= 0.6 is 0 Å². The number of hydrogen-bond donors (Lipinski definition) is 1. The Morgan fingerprint density at radius 1 is 1.70 bits per heavy atom. The summed E-state index contributed by atoms with van der Waals surface area (Å²) in [4.78, 5) is 3.92. The van der Waals surface area contributed by atoms with Gasteiger partial charge in [0.1, 0.15) is 0 Å². The second-order valence-electron chi connectivity index (χ2n) is 2.02. The molecule has 0 unspecified atom stereocenters. The smallest absolute Gasteiger partial charge is 0.0512 e. The van der Waals surface area contributed by atoms with Crippen LogP contribution in [0.1, 0.15) is 6.92 Å². The summed E-state index contributed by atoms with van der Waals surface area (Å²) in [5.74, 6) is 0.0514. The van der Waals surface area contributed by atoms with Gasteiger partial charge in [0.2, 0.25) is 0 Å². The lowest BCUT2D eigenvalue weighted by molar-refractivity contribution is 0.270. The fraction of sp³-hybridized carbons (Fsp3) is 0.375. The average molecular weight is 139 g/mol. The Balaban J connectivity index is 4.18. The van der Waals surface area contributed by atoms with Gasteiger partial charge >= 0.3 is 0 Å². The van der Waals surface area contributed by atoms with Gasteiger partial charge < -0.3 is 5.11 Å². The molecule has 0 rings (SSSR count). The first-order chi connectivity index (χ1) is 4.76. The third-order valence-electron chi connectivity index (χ3n) is 1.23. The molecule has 0 bridgehead atoms. The Hall–Kier alpha value is -0.890. The van der Waals surface area contributed by atoms with Crippen LogP contribution in [0.15, 0.2) is 30.4 Å². The predicted octanol–water partition coefficient (Wildman–Crippen LogP) is 1.39. The summed E-state index contributed by atoms with van der Waals surface area (Å²) >= 11 is 0. The number of aliphatic imine (C=N–C) groups is 1. The minimum Gasteiger partial charge on any atom is -0.396 e. The molecule has 0 aromatic carbocycles. The van der Waals surface area contributed by atoms with Crippen molar-refractivity contribution in [1.29, 1.82) is 0 Å². The zero-order chi connectivity index (χ0) is 7.98. The third kappa shape index (κ3) is 2.60. The van der Waals surface area contributed by atoms with Crippen LogP contribution in [0.3, 0.4) is 0 Å². The molecule has 0 amide bonds. The molecule has 0 aromatic heterocycles. The van der Waals surface area contributed by atoms with E-state index in [-0.39, 0.29) is 12.5 Å². The van der Waals surface area contributed by atoms with Crippen molar-refractivity contribution in [1.82, 2.24) is 0 Å². The highest BCUT2D eigenvalue weighted by atomic mass is 16.3. The van der Waals surface area contributed by atoms with E-state index in [4.69, 9.17) is 5.11 Å². The molecular formula is C8H13NO. The van der Waals surface area contributed by atoms with Crippen LogP contribution in [-0.2, 0) is 0 Å². The van der Waals surface area contributed by atoms with Gasteiger partial charge in [0.25, 0.3) is 0 Å². The largest absolute Gasteiger partial charge is 0.396 e. The maximum absolute atomic E-state index is 8.70. The minimum absolute atomic E-state index is 0.0514. The standard InChI is InChI=1S/C8H13NO/c1-4-8(9-5-2)7(3)6-10/h4-5,7,10H,1-2,6H2,3H3/t7-/m0/s1. The number of rotatable bonds is 4. The van der Waals surface area contributed by atoms with Crippen LogP contribution in [0.4, 0.5) is 0 Å². The zero-order valence-electron chi connectivity index (χ0n) is 6.25. The van der Waals surface area contributed by atoms with Gasteiger partial charge in [-0.1, -0.05) is 20.1 Å². The SMILES string of the molecule is C=CN=C(C=C)[C@@H](C)CO. The van der Waals surface area contributed by atoms with Crippen LogP contribution in [0.2, 0.25) is 0 Å². The molecule has 0 aliphatic carbocycles. The Kier molecular flexibility index (Phi) is 4.50. The molecule has 0 fully saturated rings. The molecule has 10 heavy (non-hydrogen) atoms. The second kappa shape index (κ2) is 4.94. The Labute approximate surface area is 61.6 Å². The molecular weight excluding hydrogens is 126 g/mol. The first-order valence-corrected chi connectivity index (χ1v) is 3.18. The molecule has 0 aromatic rings. The van der Waals surface area contributed by atoms with E-state index >= 15 is 0 Å². The molecule has 56 valence electrons. The first-order valence-electron chi connectivity index (χ1n) is 3.18. The highest BCUT2D eigenvalue weighted by molar-refractivity contribution is 5.96. The first kappa shape index (κ1) is 9.11. The summed E-state index contributed by atoms with van der Waals surface area (Å²) in [6.07, 6.45) is 3.08. The van der Waals surface area contributed by atoms with Gasteiger partial charge in [0.05, 0.1) is 6.61 Å². The Morgan fingerprint density at radius 3 is 2.60 bits per heavy atom. The van der Waals surface area contributed by atoms with E-state index in [1.807, 2.05) is 6.92 Å². The molecule has 0 radical (unpaired) electrons. The number of hydrogen-bond acceptors (Lipinski definition) is 2. The molecule has 0 heterocycles. The summed E-state index contributed by atoms with van der Waals surface area (Å²) in [7, 11) is 0. The summed E-state index contributed by atoms with van der Waals surface area (Å²) < 4.78 is 0. The van der Waals surface area contributed by atoms with Crippen molar-refractivity contribution in [3.8, 4) is 0 Å². The molecule has 2 nitrogen and oxygen atoms in total. The predicted molar refractivity (Wildman–Crippen MR) is 44.1 cm³/mol. The molecule has 0 aliphatic heterocycles. The van der Waals surface area contributed by atoms with Crippen molar-refractivity contribution < 1.29 is 5.11 Å². The third-order valence-corrected chi connectivity index (χ3v) is 1.23. The lowest BCUT2D eigenvalue weighted by atomic mass is 10.1. The summed E-state index contributed by atoms with van der Waals surface area (Å²) in [5, 5.41) is 8.70. The van der Waals surface area contributed by atoms with Gasteiger partial charge in [-0.05, 0) is 6.08 Å². The van der Waals surface area contributed by atoms with Gasteiger partial charge in [-0.3, -0.25) is 4.99 Å². The van der Waals surface area contributed by atoms with Crippen LogP contribution in [0.5, 0.6) is 0 Å². The van der Waals surface area contributed by atoms with Crippen molar-refractivity contribution in [2.75, 3.05) is 6.61 Å². The highest BCUT2D eigenvalue weighted by Gasteiger charge is 2.03. The Morgan fingerprint density at radius 2 is 2.30 bits per heavy atom. The molecule has 0 aliphatic rings. The van der Waals surface area contributed by atoms with E-state index in [1.165, 1.54) is 6.20 Å². The lowest BCUT2D eigenvalue weighted by Gasteiger charge is -2.05. The van der Waals surface area contributed by atoms with Crippen molar-refractivity contribution >= 4 is 5.71 Å². The van der Waals surface area contributed by atoms with Gasteiger partial charge in [-0.15, -0.1) is 0 Å². The van der Waals surface area contributed by atoms with Gasteiger partial charge in [-0.25, -0.2) is 0 Å². The quantitative estimate of drug-likeness (QED) is 0.586. The van der Waals surface area contributed by atoms with E-state index in [0.717, 1.165) is 5.71 Å². The Bertz CT molecular complexity index is 149. The fourth-order valence-electron chi connectivity index (χ4n) is 0.580. The van der Waals surface area contributed by atoms with Gasteiger partial charge in [0, 0.05) is 17.8 Å². The van der Waals surface area contributed by atoms with Crippen molar-refractivity contribution in [2.24, 2.45) is 10.9 Å². The van der Waals surface area contributed by atoms with Crippen LogP contribution in [0, 0.1) is 5.92 Å². The summed E-state index contributed by atoms with van der Waals surface area (Å²) in [6, 6.07) is 0. The molecule has 1 N–H and O–H groups in total. The van der Waals surface area contributed by atoms with E-state index in [2.05, 4.69) is 18.2 Å². The molecule has 0 saturated carbocycles. The van der Waals surface area contributed by atoms with E-state index < -0.39 is 0 Å². The van der Waals surface area contributed by atoms with Crippen molar-refractivity contribution in [3.63, 3.8) is 0 Å². The van der Waals surface area contributed by atoms with Gasteiger partial charge in [0.15, 0.2) is 0 Å². The highest BCUT2D eigenvalue weighted by Crippen LogP contribution is 1.98. The molecule has 0 saturated heterocycles. The fourth-order valence-corrected chi connectivity index (χ4v) is 0.580. The second-order valence-corrected chi connectivity index (χ2v) is 2.02. The lowest BCUT2D eigenvalue weighted by Crippen LogP contribution is -2.11. The molecule has 1 atom stereocenters.